The Hall–Kier alpha value is -3.00. The van der Waals surface area contributed by atoms with Crippen LogP contribution in [-0.2, 0) is 12.8 Å². The van der Waals surface area contributed by atoms with Crippen LogP contribution >= 0.6 is 0 Å². The van der Waals surface area contributed by atoms with Gasteiger partial charge in [0, 0.05) is 17.5 Å². The van der Waals surface area contributed by atoms with Crippen LogP contribution in [0.2, 0.25) is 0 Å². The largest absolute Gasteiger partial charge is 0.334 e. The Morgan fingerprint density at radius 2 is 1.95 bits per heavy atom. The fourth-order valence-corrected chi connectivity index (χ4v) is 2.07. The lowest BCUT2D eigenvalue weighted by molar-refractivity contribution is 0.423. The molecule has 0 N–H and O–H groups in total. The van der Waals surface area contributed by atoms with E-state index in [-0.39, 0.29) is 0 Å². The zero-order valence-corrected chi connectivity index (χ0v) is 11.2. The Kier molecular flexibility index (Phi) is 3.70. The molecule has 102 valence electrons. The highest BCUT2D eigenvalue weighted by molar-refractivity contribution is 5.59. The third kappa shape index (κ3) is 2.95. The van der Waals surface area contributed by atoms with Gasteiger partial charge >= 0.3 is 0 Å². The van der Waals surface area contributed by atoms with Gasteiger partial charge in [0.2, 0.25) is 0 Å². The summed E-state index contributed by atoms with van der Waals surface area (Å²) in [5, 5.41) is 12.8. The van der Waals surface area contributed by atoms with Crippen LogP contribution in [0.4, 0.5) is 0 Å². The molecule has 5 nitrogen and oxygen atoms in total. The molecule has 0 amide bonds. The molecule has 0 saturated carbocycles. The van der Waals surface area contributed by atoms with Crippen LogP contribution in [0.25, 0.3) is 11.5 Å². The van der Waals surface area contributed by atoms with E-state index in [0.717, 1.165) is 16.8 Å². The highest BCUT2D eigenvalue weighted by Gasteiger charge is 2.13. The molecule has 0 atom stereocenters. The van der Waals surface area contributed by atoms with Crippen molar-refractivity contribution in [1.82, 2.24) is 15.1 Å². The van der Waals surface area contributed by atoms with Gasteiger partial charge in [-0.05, 0) is 23.8 Å². The zero-order valence-electron chi connectivity index (χ0n) is 11.2. The first-order valence-corrected chi connectivity index (χ1v) is 6.54. The molecule has 1 aromatic carbocycles. The van der Waals surface area contributed by atoms with Crippen molar-refractivity contribution in [2.45, 2.75) is 12.8 Å². The molecule has 0 bridgehead atoms. The molecule has 5 heteroatoms. The Labute approximate surface area is 121 Å². The molecule has 0 aliphatic rings. The molecule has 3 aromatic rings. The summed E-state index contributed by atoms with van der Waals surface area (Å²) in [5.74, 6) is 1.02. The van der Waals surface area contributed by atoms with E-state index in [0.29, 0.717) is 24.6 Å². The number of aromatic nitrogens is 3. The van der Waals surface area contributed by atoms with Crippen molar-refractivity contribution in [3.63, 3.8) is 0 Å². The van der Waals surface area contributed by atoms with E-state index < -0.39 is 0 Å². The van der Waals surface area contributed by atoms with E-state index >= 15 is 0 Å². The highest BCUT2D eigenvalue weighted by atomic mass is 16.5. The number of hydrogen-bond donors (Lipinski definition) is 0. The minimum atomic E-state index is 0.314. The standard InChI is InChI=1S/C16H12N4O/c17-9-8-12-5-1-2-7-14(12)16-19-15(20-21-16)11-13-6-3-4-10-18-13/h1-7,10H,8,11H2. The molecule has 3 rings (SSSR count). The summed E-state index contributed by atoms with van der Waals surface area (Å²) >= 11 is 0. The zero-order chi connectivity index (χ0) is 14.5. The Balaban J connectivity index is 1.87. The van der Waals surface area contributed by atoms with Gasteiger partial charge in [-0.1, -0.05) is 29.4 Å². The number of rotatable bonds is 4. The van der Waals surface area contributed by atoms with Gasteiger partial charge in [-0.15, -0.1) is 0 Å². The minimum absolute atomic E-state index is 0.314. The molecule has 0 radical (unpaired) electrons. The topological polar surface area (TPSA) is 75.6 Å². The van der Waals surface area contributed by atoms with Crippen molar-refractivity contribution in [1.29, 1.82) is 5.26 Å². The summed E-state index contributed by atoms with van der Waals surface area (Å²) in [7, 11) is 0. The van der Waals surface area contributed by atoms with Gasteiger partial charge in [0.1, 0.15) is 0 Å². The van der Waals surface area contributed by atoms with Crippen molar-refractivity contribution < 1.29 is 4.52 Å². The van der Waals surface area contributed by atoms with E-state index in [1.165, 1.54) is 0 Å². The quantitative estimate of drug-likeness (QED) is 0.732. The molecule has 2 aromatic heterocycles. The van der Waals surface area contributed by atoms with Gasteiger partial charge in [-0.3, -0.25) is 4.98 Å². The number of nitrogens with zero attached hydrogens (tertiary/aromatic N) is 4. The third-order valence-corrected chi connectivity index (χ3v) is 3.05. The van der Waals surface area contributed by atoms with E-state index in [1.807, 2.05) is 42.5 Å². The van der Waals surface area contributed by atoms with Crippen molar-refractivity contribution in [2.75, 3.05) is 0 Å². The summed E-state index contributed by atoms with van der Waals surface area (Å²) in [5.41, 5.74) is 2.57. The smallest absolute Gasteiger partial charge is 0.258 e. The van der Waals surface area contributed by atoms with Gasteiger partial charge < -0.3 is 4.52 Å². The molecule has 21 heavy (non-hydrogen) atoms. The molecule has 0 spiro atoms. The fraction of sp³-hybridized carbons (Fsp3) is 0.125. The lowest BCUT2D eigenvalue weighted by Gasteiger charge is -2.00. The van der Waals surface area contributed by atoms with Crippen molar-refractivity contribution in [3.8, 4) is 17.5 Å². The lowest BCUT2D eigenvalue weighted by atomic mass is 10.1. The molecule has 0 saturated heterocycles. The first-order valence-electron chi connectivity index (χ1n) is 6.54. The van der Waals surface area contributed by atoms with Crippen molar-refractivity contribution >= 4 is 0 Å². The number of benzene rings is 1. The van der Waals surface area contributed by atoms with Crippen molar-refractivity contribution in [2.24, 2.45) is 0 Å². The number of hydrogen-bond acceptors (Lipinski definition) is 5. The lowest BCUT2D eigenvalue weighted by Crippen LogP contribution is -1.93. The Bertz CT molecular complexity index is 774. The highest BCUT2D eigenvalue weighted by Crippen LogP contribution is 2.22. The normalized spacial score (nSPS) is 10.2. The van der Waals surface area contributed by atoms with Crippen LogP contribution in [0.3, 0.4) is 0 Å². The average molecular weight is 276 g/mol. The van der Waals surface area contributed by atoms with Gasteiger partial charge in [0.25, 0.3) is 5.89 Å². The van der Waals surface area contributed by atoms with Gasteiger partial charge in [-0.25, -0.2) is 0 Å². The molecule has 0 aliphatic heterocycles. The molecule has 0 unspecified atom stereocenters. The molecule has 0 fully saturated rings. The molecular formula is C16H12N4O. The summed E-state index contributed by atoms with van der Waals surface area (Å²) in [4.78, 5) is 8.63. The van der Waals surface area contributed by atoms with E-state index in [1.54, 1.807) is 6.20 Å². The predicted octanol–water partition coefficient (Wildman–Crippen LogP) is 2.79. The monoisotopic (exact) mass is 276 g/mol. The fourth-order valence-electron chi connectivity index (χ4n) is 2.07. The maximum atomic E-state index is 8.87. The summed E-state index contributed by atoms with van der Waals surface area (Å²) < 4.78 is 5.31. The van der Waals surface area contributed by atoms with Gasteiger partial charge in [0.15, 0.2) is 5.82 Å². The maximum Gasteiger partial charge on any atom is 0.258 e. The van der Waals surface area contributed by atoms with Crippen LogP contribution in [0.5, 0.6) is 0 Å². The Morgan fingerprint density at radius 3 is 2.76 bits per heavy atom. The number of pyridine rings is 1. The van der Waals surface area contributed by atoms with Gasteiger partial charge in [0.05, 0.1) is 18.9 Å². The SMILES string of the molecule is N#CCc1ccccc1-c1nc(Cc2ccccn2)no1. The van der Waals surface area contributed by atoms with E-state index in [2.05, 4.69) is 21.2 Å². The van der Waals surface area contributed by atoms with Crippen LogP contribution in [0.15, 0.2) is 53.2 Å². The first-order chi connectivity index (χ1) is 10.4. The summed E-state index contributed by atoms with van der Waals surface area (Å²) in [6, 6.07) is 15.4. The van der Waals surface area contributed by atoms with E-state index in [9.17, 15) is 0 Å². The molecule has 0 aliphatic carbocycles. The first kappa shape index (κ1) is 13.0. The average Bonchev–Trinajstić information content (AvgIpc) is 2.97. The summed E-state index contributed by atoms with van der Waals surface area (Å²) in [6.45, 7) is 0. The minimum Gasteiger partial charge on any atom is -0.334 e. The molecule has 2 heterocycles. The maximum absolute atomic E-state index is 8.87. The van der Waals surface area contributed by atoms with Gasteiger partial charge in [-0.2, -0.15) is 10.2 Å². The second kappa shape index (κ2) is 5.97. The van der Waals surface area contributed by atoms with Crippen LogP contribution in [-0.4, -0.2) is 15.1 Å². The molecular weight excluding hydrogens is 264 g/mol. The second-order valence-corrected chi connectivity index (χ2v) is 4.51. The van der Waals surface area contributed by atoms with Crippen LogP contribution in [0, 0.1) is 11.3 Å². The van der Waals surface area contributed by atoms with Crippen LogP contribution < -0.4 is 0 Å². The second-order valence-electron chi connectivity index (χ2n) is 4.51. The Morgan fingerprint density at radius 1 is 1.10 bits per heavy atom. The number of nitriles is 1. The van der Waals surface area contributed by atoms with E-state index in [4.69, 9.17) is 9.78 Å². The summed E-state index contributed by atoms with van der Waals surface area (Å²) in [6.07, 6.45) is 2.57. The third-order valence-electron chi connectivity index (χ3n) is 3.05. The van der Waals surface area contributed by atoms with Crippen LogP contribution in [0.1, 0.15) is 17.1 Å². The van der Waals surface area contributed by atoms with Crippen molar-refractivity contribution in [3.05, 3.63) is 65.7 Å². The predicted molar refractivity (Wildman–Crippen MR) is 76.1 cm³/mol.